The number of amides is 2. The van der Waals surface area contributed by atoms with E-state index in [-0.39, 0.29) is 17.2 Å². The molecule has 1 fully saturated rings. The third-order valence-electron chi connectivity index (χ3n) is 5.11. The number of hydrogen-bond acceptors (Lipinski definition) is 3. The molecule has 0 aromatic heterocycles. The summed E-state index contributed by atoms with van der Waals surface area (Å²) in [6, 6.07) is 13.0. The topological polar surface area (TPSA) is 94.6 Å². The van der Waals surface area contributed by atoms with Crippen LogP contribution in [0.1, 0.15) is 60.9 Å². The minimum Gasteiger partial charge on any atom is -0.355 e. The number of para-hydroxylation sites is 1. The van der Waals surface area contributed by atoms with Crippen molar-refractivity contribution in [3.63, 3.8) is 0 Å². The molecule has 2 amide bonds. The standard InChI is InChI=1S/C25H33N5O2/c1-16(2)15-28-23(32)18-8-6-7-9-20(18)29-21-11-10-17(14-19(21)25(3,4)5)22(31)30-24-26-12-13-27-24/h6-11,14,16,29H,12-13,15H2,1-5H3,(H,28,32)(H2,26,27,30,31). The average Bonchev–Trinajstić information content (AvgIpc) is 3.25. The normalized spacial score (nSPS) is 13.4. The fourth-order valence-corrected chi connectivity index (χ4v) is 3.40. The van der Waals surface area contributed by atoms with Crippen LogP contribution in [0.4, 0.5) is 11.4 Å². The molecule has 0 saturated carbocycles. The maximum absolute atomic E-state index is 12.7. The van der Waals surface area contributed by atoms with E-state index in [0.717, 1.165) is 30.0 Å². The van der Waals surface area contributed by atoms with Crippen LogP contribution in [0.5, 0.6) is 0 Å². The van der Waals surface area contributed by atoms with Crippen LogP contribution < -0.4 is 21.3 Å². The van der Waals surface area contributed by atoms with Crippen LogP contribution in [-0.4, -0.2) is 37.4 Å². The van der Waals surface area contributed by atoms with Crippen LogP contribution in [0.25, 0.3) is 0 Å². The van der Waals surface area contributed by atoms with E-state index in [1.807, 2.05) is 36.4 Å². The number of rotatable bonds is 6. The minimum absolute atomic E-state index is 0.113. The summed E-state index contributed by atoms with van der Waals surface area (Å²) in [4.78, 5) is 29.5. The first kappa shape index (κ1) is 23.3. The largest absolute Gasteiger partial charge is 0.355 e. The maximum Gasteiger partial charge on any atom is 0.280 e. The summed E-state index contributed by atoms with van der Waals surface area (Å²) in [5.41, 5.74) is 3.41. The molecule has 1 aliphatic heterocycles. The second-order valence-electron chi connectivity index (χ2n) is 9.40. The molecule has 7 nitrogen and oxygen atoms in total. The average molecular weight is 436 g/mol. The van der Waals surface area contributed by atoms with Gasteiger partial charge in [0.1, 0.15) is 0 Å². The van der Waals surface area contributed by atoms with E-state index in [0.29, 0.717) is 29.5 Å². The number of nitrogens with zero attached hydrogens (tertiary/aromatic N) is 1. The van der Waals surface area contributed by atoms with Gasteiger partial charge in [0.25, 0.3) is 11.8 Å². The van der Waals surface area contributed by atoms with Gasteiger partial charge >= 0.3 is 0 Å². The van der Waals surface area contributed by atoms with Crippen molar-refractivity contribution in [1.82, 2.24) is 16.0 Å². The van der Waals surface area contributed by atoms with Gasteiger partial charge in [0.05, 0.1) is 11.3 Å². The monoisotopic (exact) mass is 435 g/mol. The SMILES string of the molecule is CC(C)CNC(=O)c1ccccc1Nc1ccc(C(=O)N=C2NCCN2)cc1C(C)(C)C. The van der Waals surface area contributed by atoms with Gasteiger partial charge in [-0.3, -0.25) is 9.59 Å². The maximum atomic E-state index is 12.7. The number of nitrogens with one attached hydrogen (secondary N) is 4. The van der Waals surface area contributed by atoms with Crippen molar-refractivity contribution in [3.8, 4) is 0 Å². The highest BCUT2D eigenvalue weighted by molar-refractivity contribution is 6.04. The highest BCUT2D eigenvalue weighted by Crippen LogP contribution is 2.33. The van der Waals surface area contributed by atoms with Gasteiger partial charge in [0, 0.05) is 30.9 Å². The molecule has 1 heterocycles. The molecular weight excluding hydrogens is 402 g/mol. The van der Waals surface area contributed by atoms with Crippen LogP contribution in [0.3, 0.4) is 0 Å². The molecule has 2 aromatic carbocycles. The van der Waals surface area contributed by atoms with Gasteiger partial charge in [-0.25, -0.2) is 0 Å². The lowest BCUT2D eigenvalue weighted by Gasteiger charge is -2.25. The first-order valence-corrected chi connectivity index (χ1v) is 11.0. The summed E-state index contributed by atoms with van der Waals surface area (Å²) in [7, 11) is 0. The number of benzene rings is 2. The summed E-state index contributed by atoms with van der Waals surface area (Å²) in [6.45, 7) is 12.5. The van der Waals surface area contributed by atoms with E-state index in [4.69, 9.17) is 0 Å². The van der Waals surface area contributed by atoms with E-state index in [2.05, 4.69) is 60.9 Å². The fraction of sp³-hybridized carbons (Fsp3) is 0.400. The van der Waals surface area contributed by atoms with Crippen LogP contribution in [0, 0.1) is 5.92 Å². The van der Waals surface area contributed by atoms with Gasteiger partial charge in [-0.2, -0.15) is 4.99 Å². The molecule has 32 heavy (non-hydrogen) atoms. The van der Waals surface area contributed by atoms with E-state index >= 15 is 0 Å². The van der Waals surface area contributed by atoms with E-state index < -0.39 is 0 Å². The Bertz CT molecular complexity index is 1010. The Hall–Kier alpha value is -3.35. The van der Waals surface area contributed by atoms with Crippen LogP contribution in [0.15, 0.2) is 47.5 Å². The molecule has 3 rings (SSSR count). The van der Waals surface area contributed by atoms with Gasteiger partial charge < -0.3 is 21.3 Å². The zero-order valence-corrected chi connectivity index (χ0v) is 19.5. The number of carbonyl (C=O) groups excluding carboxylic acids is 2. The molecule has 0 bridgehead atoms. The predicted octanol–water partition coefficient (Wildman–Crippen LogP) is 3.80. The molecule has 0 unspecified atom stereocenters. The summed E-state index contributed by atoms with van der Waals surface area (Å²) >= 11 is 0. The van der Waals surface area contributed by atoms with Crippen molar-refractivity contribution < 1.29 is 9.59 Å². The predicted molar refractivity (Wildman–Crippen MR) is 130 cm³/mol. The lowest BCUT2D eigenvalue weighted by Crippen LogP contribution is -2.28. The highest BCUT2D eigenvalue weighted by Gasteiger charge is 2.22. The van der Waals surface area contributed by atoms with E-state index in [1.54, 1.807) is 6.07 Å². The molecular formula is C25H33N5O2. The quantitative estimate of drug-likeness (QED) is 0.554. The second kappa shape index (κ2) is 9.85. The number of anilines is 2. The van der Waals surface area contributed by atoms with Crippen LogP contribution >= 0.6 is 0 Å². The summed E-state index contributed by atoms with van der Waals surface area (Å²) in [5.74, 6) is 0.469. The number of guanidine groups is 1. The van der Waals surface area contributed by atoms with Crippen molar-refractivity contribution in [3.05, 3.63) is 59.2 Å². The Morgan fingerprint density at radius 3 is 2.38 bits per heavy atom. The Balaban J connectivity index is 1.91. The van der Waals surface area contributed by atoms with Crippen molar-refractivity contribution in [2.45, 2.75) is 40.0 Å². The van der Waals surface area contributed by atoms with Crippen molar-refractivity contribution in [1.29, 1.82) is 0 Å². The highest BCUT2D eigenvalue weighted by atomic mass is 16.2. The molecule has 4 N–H and O–H groups in total. The number of hydrogen-bond donors (Lipinski definition) is 4. The minimum atomic E-state index is -0.299. The zero-order valence-electron chi connectivity index (χ0n) is 19.5. The molecule has 0 aliphatic carbocycles. The number of aliphatic imine (C=N–C) groups is 1. The van der Waals surface area contributed by atoms with Crippen molar-refractivity contribution in [2.75, 3.05) is 25.0 Å². The van der Waals surface area contributed by atoms with E-state index in [9.17, 15) is 9.59 Å². The zero-order chi connectivity index (χ0) is 23.3. The van der Waals surface area contributed by atoms with Gasteiger partial charge in [-0.1, -0.05) is 46.8 Å². The summed E-state index contributed by atoms with van der Waals surface area (Å²) < 4.78 is 0. The van der Waals surface area contributed by atoms with Gasteiger partial charge in [-0.15, -0.1) is 0 Å². The molecule has 1 saturated heterocycles. The van der Waals surface area contributed by atoms with Gasteiger partial charge in [0.2, 0.25) is 0 Å². The molecule has 1 aliphatic rings. The van der Waals surface area contributed by atoms with Crippen molar-refractivity contribution >= 4 is 29.1 Å². The van der Waals surface area contributed by atoms with Crippen LogP contribution in [-0.2, 0) is 5.41 Å². The van der Waals surface area contributed by atoms with Crippen molar-refractivity contribution in [2.24, 2.45) is 10.9 Å². The molecule has 0 spiro atoms. The fourth-order valence-electron chi connectivity index (χ4n) is 3.40. The summed E-state index contributed by atoms with van der Waals surface area (Å²) in [5, 5.41) is 12.5. The molecule has 0 radical (unpaired) electrons. The first-order chi connectivity index (χ1) is 15.1. The summed E-state index contributed by atoms with van der Waals surface area (Å²) in [6.07, 6.45) is 0. The Morgan fingerprint density at radius 2 is 1.72 bits per heavy atom. The molecule has 0 atom stereocenters. The van der Waals surface area contributed by atoms with Crippen LogP contribution in [0.2, 0.25) is 0 Å². The Kier molecular flexibility index (Phi) is 7.18. The third kappa shape index (κ3) is 5.87. The third-order valence-corrected chi connectivity index (χ3v) is 5.11. The molecule has 170 valence electrons. The Labute approximate surface area is 190 Å². The van der Waals surface area contributed by atoms with Gasteiger partial charge in [-0.05, 0) is 47.2 Å². The molecule has 7 heteroatoms. The number of carbonyl (C=O) groups is 2. The Morgan fingerprint density at radius 1 is 1.03 bits per heavy atom. The lowest BCUT2D eigenvalue weighted by molar-refractivity contribution is 0.0948. The van der Waals surface area contributed by atoms with E-state index in [1.165, 1.54) is 0 Å². The molecule has 2 aromatic rings. The second-order valence-corrected chi connectivity index (χ2v) is 9.40. The van der Waals surface area contributed by atoms with Gasteiger partial charge in [0.15, 0.2) is 5.96 Å². The lowest BCUT2D eigenvalue weighted by atomic mass is 9.84. The first-order valence-electron chi connectivity index (χ1n) is 11.0. The smallest absolute Gasteiger partial charge is 0.280 e.